The summed E-state index contributed by atoms with van der Waals surface area (Å²) in [5, 5.41) is 5.49. The molecule has 2 aliphatic heterocycles. The first-order valence-corrected chi connectivity index (χ1v) is 9.86. The quantitative estimate of drug-likeness (QED) is 0.725. The fraction of sp³-hybridized carbons (Fsp3) is 0.600. The molecule has 0 aliphatic carbocycles. The molecule has 1 aromatic rings. The molecule has 25 heavy (non-hydrogen) atoms. The highest BCUT2D eigenvalue weighted by molar-refractivity contribution is 8.15. The largest absolute Gasteiger partial charge is 0.466 e. The molecule has 1 unspecified atom stereocenters. The van der Waals surface area contributed by atoms with Crippen molar-refractivity contribution in [2.45, 2.75) is 18.6 Å². The van der Waals surface area contributed by atoms with Crippen LogP contribution < -0.4 is 5.32 Å². The number of amides is 1. The number of nitrogens with one attached hydrogen (secondary N) is 1. The van der Waals surface area contributed by atoms with Crippen molar-refractivity contribution in [2.24, 2.45) is 4.99 Å². The van der Waals surface area contributed by atoms with E-state index in [0.717, 1.165) is 13.1 Å². The molecule has 10 heteroatoms. The first kappa shape index (κ1) is 18.3. The summed E-state index contributed by atoms with van der Waals surface area (Å²) in [7, 11) is 0. The van der Waals surface area contributed by atoms with Crippen molar-refractivity contribution in [3.8, 4) is 0 Å². The van der Waals surface area contributed by atoms with Crippen molar-refractivity contribution in [3.05, 3.63) is 11.1 Å². The number of morpholine rings is 1. The predicted octanol–water partition coefficient (Wildman–Crippen LogP) is 0.800. The van der Waals surface area contributed by atoms with Crippen molar-refractivity contribution in [3.63, 3.8) is 0 Å². The Kier molecular flexibility index (Phi) is 6.40. The van der Waals surface area contributed by atoms with Crippen LogP contribution in [-0.2, 0) is 25.5 Å². The lowest BCUT2D eigenvalue weighted by molar-refractivity contribution is -0.142. The van der Waals surface area contributed by atoms with Crippen molar-refractivity contribution in [1.82, 2.24) is 15.2 Å². The van der Waals surface area contributed by atoms with E-state index in [0.29, 0.717) is 42.4 Å². The van der Waals surface area contributed by atoms with Crippen LogP contribution in [0, 0.1) is 0 Å². The summed E-state index contributed by atoms with van der Waals surface area (Å²) in [5.74, 6) is -0.334. The molecule has 8 nitrogen and oxygen atoms in total. The standard InChI is InChI=1S/C15H20N4O4S2/c1-2-23-12(20)7-10-9-24-14(16-10)18-15-17-13(21)11(25-15)8-19-3-5-22-6-4-19/h9,11H,2-8H2,1H3,(H,16,17,18,21). The molecule has 1 amide bonds. The summed E-state index contributed by atoms with van der Waals surface area (Å²) in [6, 6.07) is 0. The summed E-state index contributed by atoms with van der Waals surface area (Å²) in [5.41, 5.74) is 0.627. The number of amidine groups is 1. The highest BCUT2D eigenvalue weighted by atomic mass is 32.2. The Morgan fingerprint density at radius 1 is 1.52 bits per heavy atom. The number of aliphatic imine (C=N–C) groups is 1. The van der Waals surface area contributed by atoms with Gasteiger partial charge in [-0.15, -0.1) is 11.3 Å². The zero-order valence-electron chi connectivity index (χ0n) is 13.9. The Bertz CT molecular complexity index is 658. The Balaban J connectivity index is 1.56. The number of carbonyl (C=O) groups is 2. The Hall–Kier alpha value is -1.49. The maximum Gasteiger partial charge on any atom is 0.311 e. The van der Waals surface area contributed by atoms with E-state index < -0.39 is 0 Å². The topological polar surface area (TPSA) is 93.1 Å². The Morgan fingerprint density at radius 2 is 2.32 bits per heavy atom. The average molecular weight is 384 g/mol. The van der Waals surface area contributed by atoms with Gasteiger partial charge in [-0.1, -0.05) is 11.8 Å². The summed E-state index contributed by atoms with van der Waals surface area (Å²) in [6.45, 7) is 5.92. The molecule has 1 N–H and O–H groups in total. The van der Waals surface area contributed by atoms with Gasteiger partial charge < -0.3 is 14.8 Å². The molecule has 2 fully saturated rings. The lowest BCUT2D eigenvalue weighted by atomic mass is 10.3. The third-order valence-corrected chi connectivity index (χ3v) is 5.52. The predicted molar refractivity (Wildman–Crippen MR) is 96.3 cm³/mol. The summed E-state index contributed by atoms with van der Waals surface area (Å²) >= 11 is 2.76. The molecule has 0 aromatic carbocycles. The van der Waals surface area contributed by atoms with Gasteiger partial charge in [0, 0.05) is 25.0 Å². The minimum absolute atomic E-state index is 0.0291. The minimum Gasteiger partial charge on any atom is -0.466 e. The molecular formula is C15H20N4O4S2. The molecule has 3 heterocycles. The number of rotatable bonds is 6. The number of thioether (sulfide) groups is 1. The van der Waals surface area contributed by atoms with Crippen LogP contribution in [0.3, 0.4) is 0 Å². The molecule has 1 aromatic heterocycles. The first-order chi connectivity index (χ1) is 12.1. The molecule has 0 saturated carbocycles. The van der Waals surface area contributed by atoms with Gasteiger partial charge >= 0.3 is 5.97 Å². The second kappa shape index (κ2) is 8.75. The lowest BCUT2D eigenvalue weighted by Gasteiger charge is -2.27. The highest BCUT2D eigenvalue weighted by Crippen LogP contribution is 2.26. The summed E-state index contributed by atoms with van der Waals surface area (Å²) in [6.07, 6.45) is 0.133. The molecule has 3 rings (SSSR count). The third-order valence-electron chi connectivity index (χ3n) is 3.67. The van der Waals surface area contributed by atoms with E-state index in [1.807, 2.05) is 0 Å². The summed E-state index contributed by atoms with van der Waals surface area (Å²) < 4.78 is 10.2. The lowest BCUT2D eigenvalue weighted by Crippen LogP contribution is -2.42. The van der Waals surface area contributed by atoms with Crippen LogP contribution in [0.1, 0.15) is 12.6 Å². The van der Waals surface area contributed by atoms with Gasteiger partial charge in [-0.2, -0.15) is 4.99 Å². The van der Waals surface area contributed by atoms with Gasteiger partial charge in [-0.05, 0) is 6.92 Å². The van der Waals surface area contributed by atoms with Crippen molar-refractivity contribution in [2.75, 3.05) is 39.5 Å². The van der Waals surface area contributed by atoms with E-state index in [1.54, 1.807) is 12.3 Å². The van der Waals surface area contributed by atoms with Gasteiger partial charge in [-0.25, -0.2) is 4.98 Å². The monoisotopic (exact) mass is 384 g/mol. The molecular weight excluding hydrogens is 364 g/mol. The molecule has 136 valence electrons. The van der Waals surface area contributed by atoms with Crippen LogP contribution in [-0.4, -0.2) is 71.6 Å². The second-order valence-corrected chi connectivity index (χ2v) is 7.56. The normalized spacial score (nSPS) is 23.0. The number of ether oxygens (including phenoxy) is 2. The fourth-order valence-electron chi connectivity index (χ4n) is 2.47. The van der Waals surface area contributed by atoms with Gasteiger partial charge in [0.05, 0.1) is 31.9 Å². The van der Waals surface area contributed by atoms with Gasteiger partial charge in [-0.3, -0.25) is 14.5 Å². The third kappa shape index (κ3) is 5.24. The van der Waals surface area contributed by atoms with Gasteiger partial charge in [0.25, 0.3) is 0 Å². The number of aromatic nitrogens is 1. The van der Waals surface area contributed by atoms with Crippen molar-refractivity contribution >= 4 is 45.3 Å². The number of hydrogen-bond donors (Lipinski definition) is 1. The van der Waals surface area contributed by atoms with E-state index in [-0.39, 0.29) is 23.5 Å². The van der Waals surface area contributed by atoms with Crippen LogP contribution in [0.5, 0.6) is 0 Å². The maximum absolute atomic E-state index is 12.1. The van der Waals surface area contributed by atoms with E-state index >= 15 is 0 Å². The SMILES string of the molecule is CCOC(=O)Cc1csc(/N=C2\NC(=O)C(CN3CCOCC3)S2)n1. The zero-order valence-corrected chi connectivity index (χ0v) is 15.5. The number of hydrogen-bond acceptors (Lipinski definition) is 9. The average Bonchev–Trinajstić information content (AvgIpc) is 3.15. The molecule has 2 saturated heterocycles. The van der Waals surface area contributed by atoms with Gasteiger partial charge in [0.1, 0.15) is 5.25 Å². The number of carbonyl (C=O) groups excluding carboxylic acids is 2. The smallest absolute Gasteiger partial charge is 0.311 e. The van der Waals surface area contributed by atoms with Crippen LogP contribution in [0.15, 0.2) is 10.4 Å². The number of nitrogens with zero attached hydrogens (tertiary/aromatic N) is 3. The van der Waals surface area contributed by atoms with Crippen molar-refractivity contribution in [1.29, 1.82) is 0 Å². The summed E-state index contributed by atoms with van der Waals surface area (Å²) in [4.78, 5) is 34.5. The Labute approximate surface area is 154 Å². The van der Waals surface area contributed by atoms with E-state index in [9.17, 15) is 9.59 Å². The van der Waals surface area contributed by atoms with Crippen LogP contribution in [0.2, 0.25) is 0 Å². The van der Waals surface area contributed by atoms with Crippen molar-refractivity contribution < 1.29 is 19.1 Å². The maximum atomic E-state index is 12.1. The van der Waals surface area contributed by atoms with E-state index in [1.165, 1.54) is 23.1 Å². The molecule has 1 atom stereocenters. The molecule has 0 radical (unpaired) electrons. The fourth-order valence-corrected chi connectivity index (χ4v) is 4.24. The van der Waals surface area contributed by atoms with E-state index in [2.05, 4.69) is 20.2 Å². The number of thiazole rings is 1. The van der Waals surface area contributed by atoms with Crippen LogP contribution in [0.4, 0.5) is 5.13 Å². The second-order valence-electron chi connectivity index (χ2n) is 5.53. The van der Waals surface area contributed by atoms with Gasteiger partial charge in [0.15, 0.2) is 5.17 Å². The van der Waals surface area contributed by atoms with Crippen LogP contribution >= 0.6 is 23.1 Å². The molecule has 0 spiro atoms. The number of esters is 1. The highest BCUT2D eigenvalue weighted by Gasteiger charge is 2.32. The Morgan fingerprint density at radius 3 is 3.08 bits per heavy atom. The first-order valence-electron chi connectivity index (χ1n) is 8.10. The van der Waals surface area contributed by atoms with E-state index in [4.69, 9.17) is 9.47 Å². The minimum atomic E-state index is -0.305. The zero-order chi connectivity index (χ0) is 17.6. The molecule has 2 aliphatic rings. The van der Waals surface area contributed by atoms with Crippen LogP contribution in [0.25, 0.3) is 0 Å². The van der Waals surface area contributed by atoms with Gasteiger partial charge in [0.2, 0.25) is 11.0 Å². The molecule has 0 bridgehead atoms.